The monoisotopic (exact) mass is 340 g/mol. The molecule has 0 N–H and O–H groups in total. The summed E-state index contributed by atoms with van der Waals surface area (Å²) >= 11 is 0. The maximum absolute atomic E-state index is 12.9. The molecule has 2 saturated heterocycles. The molecule has 25 heavy (non-hydrogen) atoms. The van der Waals surface area contributed by atoms with Crippen molar-refractivity contribution in [1.29, 1.82) is 0 Å². The third-order valence-corrected chi connectivity index (χ3v) is 5.68. The van der Waals surface area contributed by atoms with Gasteiger partial charge in [0, 0.05) is 18.6 Å². The second-order valence-corrected chi connectivity index (χ2v) is 7.18. The molecule has 0 spiro atoms. The smallest absolute Gasteiger partial charge is 0.261 e. The Morgan fingerprint density at radius 3 is 2.72 bits per heavy atom. The van der Waals surface area contributed by atoms with Crippen LogP contribution < -0.4 is 5.56 Å². The molecular weight excluding hydrogens is 316 g/mol. The fourth-order valence-corrected chi connectivity index (χ4v) is 4.38. The van der Waals surface area contributed by atoms with Gasteiger partial charge < -0.3 is 9.80 Å². The van der Waals surface area contributed by atoms with E-state index in [1.54, 1.807) is 6.07 Å². The van der Waals surface area contributed by atoms with Crippen molar-refractivity contribution in [2.75, 3.05) is 20.1 Å². The Hall–Kier alpha value is -2.21. The molecule has 2 aromatic rings. The van der Waals surface area contributed by atoms with Crippen LogP contribution >= 0.6 is 0 Å². The highest BCUT2D eigenvalue weighted by molar-refractivity contribution is 5.79. The standard InChI is InChI=1S/C19H24N4O2/c1-21-10-4-8-16(21)17-9-5-11-23(17)18(24)12-22-13-20-15-7-3-2-6-14(15)19(22)25/h2-3,6-7,13,16-17H,4-5,8-12H2,1H3/t16-,17+/m0/s1. The topological polar surface area (TPSA) is 58.4 Å². The fraction of sp³-hybridized carbons (Fsp3) is 0.526. The summed E-state index contributed by atoms with van der Waals surface area (Å²) in [6, 6.07) is 8.00. The first-order valence-electron chi connectivity index (χ1n) is 9.09. The first kappa shape index (κ1) is 16.3. The van der Waals surface area contributed by atoms with E-state index in [9.17, 15) is 9.59 Å². The van der Waals surface area contributed by atoms with E-state index in [1.807, 2.05) is 23.1 Å². The van der Waals surface area contributed by atoms with Crippen molar-refractivity contribution >= 4 is 16.8 Å². The number of likely N-dealkylation sites (tertiary alicyclic amines) is 2. The van der Waals surface area contributed by atoms with E-state index < -0.39 is 0 Å². The van der Waals surface area contributed by atoms with Gasteiger partial charge in [0.1, 0.15) is 6.54 Å². The molecule has 6 heteroatoms. The Bertz CT molecular complexity index is 847. The molecule has 1 aromatic carbocycles. The number of benzene rings is 1. The number of carbonyl (C=O) groups is 1. The van der Waals surface area contributed by atoms with Crippen LogP contribution in [0.3, 0.4) is 0 Å². The lowest BCUT2D eigenvalue weighted by Gasteiger charge is -2.33. The van der Waals surface area contributed by atoms with Crippen LogP contribution in [0.5, 0.6) is 0 Å². The largest absolute Gasteiger partial charge is 0.337 e. The molecular formula is C19H24N4O2. The van der Waals surface area contributed by atoms with Crippen LogP contribution in [-0.2, 0) is 11.3 Å². The van der Waals surface area contributed by atoms with Crippen LogP contribution in [0, 0.1) is 0 Å². The Labute approximate surface area is 147 Å². The Kier molecular flexibility index (Phi) is 4.29. The molecule has 0 saturated carbocycles. The van der Waals surface area contributed by atoms with Gasteiger partial charge >= 0.3 is 0 Å². The van der Waals surface area contributed by atoms with Crippen LogP contribution in [0.15, 0.2) is 35.4 Å². The van der Waals surface area contributed by atoms with Gasteiger partial charge in [-0.25, -0.2) is 4.98 Å². The highest BCUT2D eigenvalue weighted by atomic mass is 16.2. The number of aromatic nitrogens is 2. The first-order chi connectivity index (χ1) is 12.1. The Morgan fingerprint density at radius 2 is 1.92 bits per heavy atom. The quantitative estimate of drug-likeness (QED) is 0.849. The van der Waals surface area contributed by atoms with Gasteiger partial charge in [0.15, 0.2) is 0 Å². The molecule has 6 nitrogen and oxygen atoms in total. The average molecular weight is 340 g/mol. The van der Waals surface area contributed by atoms with Gasteiger partial charge in [-0.3, -0.25) is 14.2 Å². The zero-order valence-corrected chi connectivity index (χ0v) is 14.6. The summed E-state index contributed by atoms with van der Waals surface area (Å²) in [5, 5.41) is 0.561. The van der Waals surface area contributed by atoms with E-state index in [2.05, 4.69) is 16.9 Å². The third kappa shape index (κ3) is 2.95. The van der Waals surface area contributed by atoms with Gasteiger partial charge in [-0.15, -0.1) is 0 Å². The van der Waals surface area contributed by atoms with Crippen molar-refractivity contribution in [2.24, 2.45) is 0 Å². The molecule has 0 bridgehead atoms. The lowest BCUT2D eigenvalue weighted by molar-refractivity contribution is -0.133. The van der Waals surface area contributed by atoms with Crippen molar-refractivity contribution in [2.45, 2.75) is 44.3 Å². The van der Waals surface area contributed by atoms with Crippen LogP contribution in [0.2, 0.25) is 0 Å². The highest BCUT2D eigenvalue weighted by Crippen LogP contribution is 2.29. The number of nitrogens with zero attached hydrogens (tertiary/aromatic N) is 4. The summed E-state index contributed by atoms with van der Waals surface area (Å²) in [7, 11) is 2.15. The van der Waals surface area contributed by atoms with Crippen LogP contribution in [0.25, 0.3) is 10.9 Å². The maximum Gasteiger partial charge on any atom is 0.261 e. The number of fused-ring (bicyclic) bond motifs is 1. The molecule has 2 aliphatic heterocycles. The molecule has 0 unspecified atom stereocenters. The first-order valence-corrected chi connectivity index (χ1v) is 9.09. The minimum Gasteiger partial charge on any atom is -0.337 e. The van der Waals surface area contributed by atoms with E-state index in [1.165, 1.54) is 17.3 Å². The summed E-state index contributed by atoms with van der Waals surface area (Å²) < 4.78 is 1.44. The van der Waals surface area contributed by atoms with Gasteiger partial charge in [0.05, 0.1) is 17.2 Å². The normalized spacial score (nSPS) is 24.3. The Balaban J connectivity index is 1.55. The molecule has 3 heterocycles. The van der Waals surface area contributed by atoms with Gasteiger partial charge in [0.25, 0.3) is 5.56 Å². The zero-order valence-electron chi connectivity index (χ0n) is 14.6. The minimum absolute atomic E-state index is 0.0296. The number of amides is 1. The highest BCUT2D eigenvalue weighted by Gasteiger charge is 2.38. The lowest BCUT2D eigenvalue weighted by Crippen LogP contribution is -2.48. The number of rotatable bonds is 3. The zero-order chi connectivity index (χ0) is 17.4. The molecule has 2 aliphatic rings. The molecule has 0 aliphatic carbocycles. The summed E-state index contributed by atoms with van der Waals surface area (Å²) in [5.41, 5.74) is 0.524. The van der Waals surface area contributed by atoms with Crippen LogP contribution in [0.4, 0.5) is 0 Å². The number of hydrogen-bond acceptors (Lipinski definition) is 4. The van der Waals surface area contributed by atoms with Gasteiger partial charge in [-0.1, -0.05) is 12.1 Å². The van der Waals surface area contributed by atoms with E-state index in [0.717, 1.165) is 32.4 Å². The van der Waals surface area contributed by atoms with E-state index in [4.69, 9.17) is 0 Å². The van der Waals surface area contributed by atoms with Crippen molar-refractivity contribution in [3.8, 4) is 0 Å². The molecule has 2 atom stereocenters. The van der Waals surface area contributed by atoms with Crippen molar-refractivity contribution in [3.63, 3.8) is 0 Å². The summed E-state index contributed by atoms with van der Waals surface area (Å²) in [5.74, 6) is 0.0296. The Morgan fingerprint density at radius 1 is 1.16 bits per heavy atom. The summed E-state index contributed by atoms with van der Waals surface area (Å²) in [4.78, 5) is 34.2. The fourth-order valence-electron chi connectivity index (χ4n) is 4.38. The van der Waals surface area contributed by atoms with Gasteiger partial charge in [0.2, 0.25) is 5.91 Å². The SMILES string of the molecule is CN1CCC[C@H]1[C@H]1CCCN1C(=O)Cn1cnc2ccccc2c1=O. The lowest BCUT2D eigenvalue weighted by atomic mass is 10.0. The van der Waals surface area contributed by atoms with E-state index >= 15 is 0 Å². The maximum atomic E-state index is 12.9. The second-order valence-electron chi connectivity index (χ2n) is 7.18. The third-order valence-electron chi connectivity index (χ3n) is 5.68. The van der Waals surface area contributed by atoms with E-state index in [-0.39, 0.29) is 24.1 Å². The number of carbonyl (C=O) groups excluding carboxylic acids is 1. The molecule has 1 aromatic heterocycles. The molecule has 1 amide bonds. The summed E-state index contributed by atoms with van der Waals surface area (Å²) in [6.07, 6.45) is 5.96. The predicted octanol–water partition coefficient (Wildman–Crippen LogP) is 1.48. The van der Waals surface area contributed by atoms with Gasteiger partial charge in [-0.2, -0.15) is 0 Å². The number of para-hydroxylation sites is 1. The van der Waals surface area contributed by atoms with Crippen LogP contribution in [0.1, 0.15) is 25.7 Å². The average Bonchev–Trinajstić information content (AvgIpc) is 3.26. The second kappa shape index (κ2) is 6.59. The molecule has 2 fully saturated rings. The molecule has 132 valence electrons. The van der Waals surface area contributed by atoms with Crippen molar-refractivity contribution in [1.82, 2.24) is 19.4 Å². The van der Waals surface area contributed by atoms with Gasteiger partial charge in [-0.05, 0) is 51.4 Å². The number of likely N-dealkylation sites (N-methyl/N-ethyl adjacent to an activating group) is 1. The van der Waals surface area contributed by atoms with Crippen molar-refractivity contribution < 1.29 is 4.79 Å². The van der Waals surface area contributed by atoms with E-state index in [0.29, 0.717) is 16.9 Å². The molecule has 4 rings (SSSR count). The minimum atomic E-state index is -0.146. The molecule has 0 radical (unpaired) electrons. The van der Waals surface area contributed by atoms with Crippen molar-refractivity contribution in [3.05, 3.63) is 40.9 Å². The summed E-state index contributed by atoms with van der Waals surface area (Å²) in [6.45, 7) is 1.98. The predicted molar refractivity (Wildman–Crippen MR) is 96.4 cm³/mol. The number of hydrogen-bond donors (Lipinski definition) is 0. The van der Waals surface area contributed by atoms with Crippen LogP contribution in [-0.4, -0.2) is 57.5 Å².